The highest BCUT2D eigenvalue weighted by Crippen LogP contribution is 2.51. The lowest BCUT2D eigenvalue weighted by Gasteiger charge is -2.20. The Morgan fingerprint density at radius 1 is 1.25 bits per heavy atom. The maximum atomic E-state index is 12.4. The minimum absolute atomic E-state index is 0.0692. The third kappa shape index (κ3) is 4.61. The summed E-state index contributed by atoms with van der Waals surface area (Å²) in [4.78, 5) is 0. The highest BCUT2D eigenvalue weighted by Gasteiger charge is 2.40. The first kappa shape index (κ1) is 17.1. The van der Waals surface area contributed by atoms with Gasteiger partial charge in [0.25, 0.3) is 0 Å². The summed E-state index contributed by atoms with van der Waals surface area (Å²) in [5.74, 6) is 1.42. The molecule has 0 aromatic rings. The van der Waals surface area contributed by atoms with Crippen LogP contribution < -0.4 is 0 Å². The van der Waals surface area contributed by atoms with Gasteiger partial charge in [-0.2, -0.15) is 0 Å². The molecule has 9 heteroatoms. The summed E-state index contributed by atoms with van der Waals surface area (Å²) < 4.78 is 33.9. The van der Waals surface area contributed by atoms with Gasteiger partial charge in [-0.1, -0.05) is 28.5 Å². The van der Waals surface area contributed by atoms with Gasteiger partial charge in [0.15, 0.2) is 0 Å². The first-order chi connectivity index (χ1) is 9.52. The minimum atomic E-state index is -3.52. The standard InChI is InChI=1S/C11H21O6PS2/c1-8-10(17-9(2)11(8)12)7-16-18(13)14-3-5-19-20-6-4-15-18/h8-12H,3-7H2,1-2H3/t8-,9-,10+,11?/m0/s1. The van der Waals surface area contributed by atoms with Gasteiger partial charge in [0, 0.05) is 17.4 Å². The Hall–Kier alpha value is 0.730. The van der Waals surface area contributed by atoms with Crippen LogP contribution in [0.2, 0.25) is 0 Å². The van der Waals surface area contributed by atoms with E-state index in [1.54, 1.807) is 21.6 Å². The number of phosphoric ester groups is 1. The summed E-state index contributed by atoms with van der Waals surface area (Å²) >= 11 is 0. The average Bonchev–Trinajstić information content (AvgIpc) is 2.73. The lowest BCUT2D eigenvalue weighted by Crippen LogP contribution is -2.25. The molecule has 118 valence electrons. The van der Waals surface area contributed by atoms with E-state index in [0.717, 1.165) is 11.5 Å². The van der Waals surface area contributed by atoms with E-state index in [-0.39, 0.29) is 24.7 Å². The van der Waals surface area contributed by atoms with Crippen molar-refractivity contribution in [1.29, 1.82) is 0 Å². The van der Waals surface area contributed by atoms with E-state index in [9.17, 15) is 9.67 Å². The van der Waals surface area contributed by atoms with Crippen LogP contribution in [0.1, 0.15) is 13.8 Å². The van der Waals surface area contributed by atoms with Crippen LogP contribution in [0.25, 0.3) is 0 Å². The first-order valence-corrected chi connectivity index (χ1v) is 10.6. The summed E-state index contributed by atoms with van der Waals surface area (Å²) in [6.45, 7) is 4.45. The van der Waals surface area contributed by atoms with Gasteiger partial charge in [0.1, 0.15) is 0 Å². The summed E-state index contributed by atoms with van der Waals surface area (Å²) in [6, 6.07) is 0. The maximum absolute atomic E-state index is 12.4. The molecule has 2 saturated heterocycles. The molecule has 2 aliphatic rings. The van der Waals surface area contributed by atoms with E-state index < -0.39 is 13.9 Å². The number of hydrogen-bond donors (Lipinski definition) is 1. The molecule has 0 spiro atoms. The second kappa shape index (κ2) is 7.83. The normalized spacial score (nSPS) is 39.0. The molecule has 0 amide bonds. The molecule has 6 nitrogen and oxygen atoms in total. The largest absolute Gasteiger partial charge is 0.474 e. The Balaban J connectivity index is 1.86. The predicted octanol–water partition coefficient (Wildman–Crippen LogP) is 2.32. The third-order valence-electron chi connectivity index (χ3n) is 3.31. The number of aliphatic hydroxyl groups excluding tert-OH is 1. The third-order valence-corrected chi connectivity index (χ3v) is 7.10. The van der Waals surface area contributed by atoms with E-state index in [0.29, 0.717) is 13.2 Å². The van der Waals surface area contributed by atoms with Crippen molar-refractivity contribution in [3.05, 3.63) is 0 Å². The van der Waals surface area contributed by atoms with Gasteiger partial charge in [0.2, 0.25) is 0 Å². The molecule has 4 atom stereocenters. The Bertz CT molecular complexity index is 344. The Morgan fingerprint density at radius 2 is 1.85 bits per heavy atom. The van der Waals surface area contributed by atoms with Gasteiger partial charge in [-0.15, -0.1) is 0 Å². The number of aliphatic hydroxyl groups is 1. The SMILES string of the molecule is C[C@@H]1O[C@H](COP2(=O)OCCSSCCO2)[C@H](C)C1O. The molecule has 0 aromatic heterocycles. The molecule has 1 unspecified atom stereocenters. The predicted molar refractivity (Wildman–Crippen MR) is 79.9 cm³/mol. The molecule has 0 aromatic carbocycles. The molecule has 2 heterocycles. The lowest BCUT2D eigenvalue weighted by molar-refractivity contribution is -0.00622. The maximum Gasteiger partial charge on any atom is 0.474 e. The Labute approximate surface area is 127 Å². The van der Waals surface area contributed by atoms with Crippen molar-refractivity contribution >= 4 is 29.4 Å². The summed E-state index contributed by atoms with van der Waals surface area (Å²) in [7, 11) is -0.190. The Morgan fingerprint density at radius 3 is 2.35 bits per heavy atom. The van der Waals surface area contributed by atoms with Gasteiger partial charge in [-0.25, -0.2) is 4.57 Å². The fourth-order valence-electron chi connectivity index (χ4n) is 2.08. The van der Waals surface area contributed by atoms with Crippen LogP contribution >= 0.6 is 29.4 Å². The van der Waals surface area contributed by atoms with Gasteiger partial charge < -0.3 is 9.84 Å². The van der Waals surface area contributed by atoms with Crippen molar-refractivity contribution in [2.75, 3.05) is 31.3 Å². The van der Waals surface area contributed by atoms with E-state index in [2.05, 4.69) is 0 Å². The number of phosphoric acid groups is 1. The second-order valence-electron chi connectivity index (χ2n) is 4.78. The summed E-state index contributed by atoms with van der Waals surface area (Å²) in [6.07, 6.45) is -1.07. The second-order valence-corrected chi connectivity index (χ2v) is 9.15. The smallest absolute Gasteiger partial charge is 0.390 e. The monoisotopic (exact) mass is 344 g/mol. The van der Waals surface area contributed by atoms with Crippen LogP contribution in [0.4, 0.5) is 0 Å². The molecule has 0 aliphatic carbocycles. The van der Waals surface area contributed by atoms with Gasteiger partial charge in [0.05, 0.1) is 38.1 Å². The molecular formula is C11H21O6PS2. The van der Waals surface area contributed by atoms with E-state index in [1.165, 1.54) is 0 Å². The van der Waals surface area contributed by atoms with Crippen molar-refractivity contribution in [3.8, 4) is 0 Å². The number of ether oxygens (including phenoxy) is 1. The van der Waals surface area contributed by atoms with E-state index in [1.807, 2.05) is 13.8 Å². The van der Waals surface area contributed by atoms with Gasteiger partial charge >= 0.3 is 7.82 Å². The Kier molecular flexibility index (Phi) is 6.69. The van der Waals surface area contributed by atoms with Gasteiger partial charge in [-0.05, 0) is 6.92 Å². The molecule has 2 fully saturated rings. The fraction of sp³-hybridized carbons (Fsp3) is 1.00. The average molecular weight is 344 g/mol. The molecular weight excluding hydrogens is 323 g/mol. The van der Waals surface area contributed by atoms with Crippen molar-refractivity contribution < 1.29 is 28.0 Å². The lowest BCUT2D eigenvalue weighted by atomic mass is 10.00. The molecule has 2 aliphatic heterocycles. The molecule has 0 bridgehead atoms. The highest BCUT2D eigenvalue weighted by atomic mass is 33.1. The highest BCUT2D eigenvalue weighted by molar-refractivity contribution is 8.76. The van der Waals surface area contributed by atoms with Crippen LogP contribution in [0.3, 0.4) is 0 Å². The minimum Gasteiger partial charge on any atom is -0.390 e. The molecule has 0 radical (unpaired) electrons. The van der Waals surface area contributed by atoms with Crippen LogP contribution in [-0.4, -0.2) is 54.7 Å². The van der Waals surface area contributed by atoms with Crippen LogP contribution in [-0.2, 0) is 22.9 Å². The summed E-state index contributed by atoms with van der Waals surface area (Å²) in [5.41, 5.74) is 0. The van der Waals surface area contributed by atoms with Crippen LogP contribution in [0.15, 0.2) is 0 Å². The quantitative estimate of drug-likeness (QED) is 0.618. The van der Waals surface area contributed by atoms with Crippen molar-refractivity contribution in [2.45, 2.75) is 32.2 Å². The molecule has 2 rings (SSSR count). The fourth-order valence-corrected chi connectivity index (χ4v) is 5.16. The zero-order valence-corrected chi connectivity index (χ0v) is 14.1. The van der Waals surface area contributed by atoms with Crippen LogP contribution in [0.5, 0.6) is 0 Å². The van der Waals surface area contributed by atoms with Gasteiger partial charge in [-0.3, -0.25) is 13.6 Å². The number of hydrogen-bond acceptors (Lipinski definition) is 8. The number of rotatable bonds is 3. The zero-order chi connectivity index (χ0) is 14.6. The van der Waals surface area contributed by atoms with E-state index in [4.69, 9.17) is 18.3 Å². The first-order valence-electron chi connectivity index (χ1n) is 6.63. The van der Waals surface area contributed by atoms with Crippen molar-refractivity contribution in [1.82, 2.24) is 0 Å². The molecule has 1 N–H and O–H groups in total. The summed E-state index contributed by atoms with van der Waals surface area (Å²) in [5, 5.41) is 9.84. The topological polar surface area (TPSA) is 74.2 Å². The van der Waals surface area contributed by atoms with Crippen molar-refractivity contribution in [2.24, 2.45) is 5.92 Å². The van der Waals surface area contributed by atoms with Crippen LogP contribution in [0, 0.1) is 5.92 Å². The van der Waals surface area contributed by atoms with E-state index >= 15 is 0 Å². The van der Waals surface area contributed by atoms with Crippen molar-refractivity contribution in [3.63, 3.8) is 0 Å². The molecule has 20 heavy (non-hydrogen) atoms. The zero-order valence-electron chi connectivity index (χ0n) is 11.6. The molecule has 0 saturated carbocycles.